The maximum Gasteiger partial charge on any atom is 0.420 e. The number of nitrogens with one attached hydrogen (secondary N) is 1. The van der Waals surface area contributed by atoms with Crippen LogP contribution in [-0.2, 0) is 17.9 Å². The summed E-state index contributed by atoms with van der Waals surface area (Å²) >= 11 is 0. The molecule has 0 unspecified atom stereocenters. The first-order valence-electron chi connectivity index (χ1n) is 10.8. The summed E-state index contributed by atoms with van der Waals surface area (Å²) in [5.74, 6) is -2.01. The molecular weight excluding hydrogens is 529 g/mol. The zero-order valence-electron chi connectivity index (χ0n) is 19.4. The van der Waals surface area contributed by atoms with Crippen LogP contribution in [0.25, 0.3) is 5.69 Å². The van der Waals surface area contributed by atoms with Gasteiger partial charge in [-0.3, -0.25) is 14.0 Å². The summed E-state index contributed by atoms with van der Waals surface area (Å²) in [7, 11) is 1.09. The molecular formula is C23H19F7N4O4. The number of aromatic nitrogens is 2. The van der Waals surface area contributed by atoms with E-state index in [9.17, 15) is 45.4 Å². The van der Waals surface area contributed by atoms with E-state index in [4.69, 9.17) is 4.74 Å². The smallest absolute Gasteiger partial charge is 0.407 e. The number of rotatable bonds is 5. The van der Waals surface area contributed by atoms with Crippen LogP contribution in [0.3, 0.4) is 0 Å². The van der Waals surface area contributed by atoms with Crippen molar-refractivity contribution in [2.75, 3.05) is 31.6 Å². The van der Waals surface area contributed by atoms with Gasteiger partial charge in [0, 0.05) is 38.2 Å². The summed E-state index contributed by atoms with van der Waals surface area (Å²) in [6, 6.07) is 4.22. The molecule has 1 saturated heterocycles. The Balaban J connectivity index is 1.90. The number of hydrogen-bond acceptors (Lipinski definition) is 5. The number of ether oxygens (including phenoxy) is 1. The van der Waals surface area contributed by atoms with Crippen LogP contribution in [-0.4, -0.2) is 47.1 Å². The molecule has 1 aromatic heterocycles. The molecule has 204 valence electrons. The monoisotopic (exact) mass is 548 g/mol. The fourth-order valence-electron chi connectivity index (χ4n) is 3.89. The van der Waals surface area contributed by atoms with Crippen molar-refractivity contribution >= 4 is 11.8 Å². The molecule has 38 heavy (non-hydrogen) atoms. The van der Waals surface area contributed by atoms with Crippen molar-refractivity contribution in [3.63, 3.8) is 0 Å². The maximum absolute atomic E-state index is 14.0. The SMILES string of the molecule is CN(C(=O)Oc1c(-n2ccn(C3(CO)CNC3)c2=O)cc(C(F)(F)F)cc1C(F)(F)F)c1ccc(F)cc1. The number of amides is 1. The summed E-state index contributed by atoms with van der Waals surface area (Å²) in [5, 5.41) is 12.6. The van der Waals surface area contributed by atoms with Crippen molar-refractivity contribution < 1.29 is 45.4 Å². The third-order valence-corrected chi connectivity index (χ3v) is 6.13. The summed E-state index contributed by atoms with van der Waals surface area (Å²) in [4.78, 5) is 26.6. The molecule has 4 rings (SSSR count). The predicted octanol–water partition coefficient (Wildman–Crippen LogP) is 3.74. The van der Waals surface area contributed by atoms with Gasteiger partial charge in [-0.15, -0.1) is 0 Å². The Labute approximate surface area is 209 Å². The minimum atomic E-state index is -5.43. The fraction of sp³-hybridized carbons (Fsp3) is 0.304. The average molecular weight is 548 g/mol. The van der Waals surface area contributed by atoms with Crippen molar-refractivity contribution in [2.24, 2.45) is 0 Å². The van der Waals surface area contributed by atoms with E-state index in [0.29, 0.717) is 9.47 Å². The number of nitrogens with zero attached hydrogens (tertiary/aromatic N) is 3. The molecule has 0 spiro atoms. The molecule has 0 atom stereocenters. The van der Waals surface area contributed by atoms with E-state index in [0.717, 1.165) is 48.3 Å². The van der Waals surface area contributed by atoms with Crippen LogP contribution < -0.4 is 20.6 Å². The number of hydrogen-bond donors (Lipinski definition) is 2. The molecule has 1 aliphatic heterocycles. The molecule has 15 heteroatoms. The standard InChI is InChI=1S/C23H19F7N4O4/c1-32(15-4-2-14(24)3-5-15)20(37)38-18-16(23(28,29)30)8-13(22(25,26)27)9-17(18)33-6-7-34(19(33)36)21(12-35)10-31-11-21/h2-9,31,35H,10-12H2,1H3. The first-order chi connectivity index (χ1) is 17.7. The molecule has 0 bridgehead atoms. The van der Waals surface area contributed by atoms with Crippen LogP contribution in [0.5, 0.6) is 5.75 Å². The summed E-state index contributed by atoms with van der Waals surface area (Å²) in [6.07, 6.45) is -10.1. The summed E-state index contributed by atoms with van der Waals surface area (Å²) < 4.78 is 102. The van der Waals surface area contributed by atoms with Crippen molar-refractivity contribution in [1.82, 2.24) is 14.5 Å². The van der Waals surface area contributed by atoms with Crippen molar-refractivity contribution in [3.05, 3.63) is 76.2 Å². The molecule has 2 N–H and O–H groups in total. The molecule has 0 saturated carbocycles. The lowest BCUT2D eigenvalue weighted by Gasteiger charge is -2.41. The van der Waals surface area contributed by atoms with Crippen LogP contribution in [0, 0.1) is 5.82 Å². The molecule has 1 amide bonds. The quantitative estimate of drug-likeness (QED) is 0.475. The molecule has 2 heterocycles. The van der Waals surface area contributed by atoms with Crippen LogP contribution in [0.4, 0.5) is 41.2 Å². The molecule has 0 radical (unpaired) electrons. The van der Waals surface area contributed by atoms with Crippen LogP contribution in [0.15, 0.2) is 53.6 Å². The highest BCUT2D eigenvalue weighted by Crippen LogP contribution is 2.44. The third-order valence-electron chi connectivity index (χ3n) is 6.13. The zero-order chi connectivity index (χ0) is 28.0. The van der Waals surface area contributed by atoms with Gasteiger partial charge in [0.05, 0.1) is 23.4 Å². The summed E-state index contributed by atoms with van der Waals surface area (Å²) in [6.45, 7) is -0.299. The minimum Gasteiger partial charge on any atom is -0.407 e. The van der Waals surface area contributed by atoms with E-state index in [2.05, 4.69) is 5.32 Å². The van der Waals surface area contributed by atoms with Crippen LogP contribution in [0.1, 0.15) is 11.1 Å². The van der Waals surface area contributed by atoms with Crippen LogP contribution in [0.2, 0.25) is 0 Å². The Bertz CT molecular complexity index is 1400. The van der Waals surface area contributed by atoms with Gasteiger partial charge >= 0.3 is 24.1 Å². The molecule has 8 nitrogen and oxygen atoms in total. The zero-order valence-corrected chi connectivity index (χ0v) is 19.4. The van der Waals surface area contributed by atoms with Crippen molar-refractivity contribution in [3.8, 4) is 11.4 Å². The van der Waals surface area contributed by atoms with Gasteiger partial charge in [0.25, 0.3) is 0 Å². The van der Waals surface area contributed by atoms with Gasteiger partial charge < -0.3 is 15.2 Å². The number of carbonyl (C=O) groups excluding carboxylic acids is 1. The Morgan fingerprint density at radius 3 is 2.21 bits per heavy atom. The Kier molecular flexibility index (Phi) is 6.78. The lowest BCUT2D eigenvalue weighted by Crippen LogP contribution is -2.65. The molecule has 0 aliphatic carbocycles. The second-order valence-corrected chi connectivity index (χ2v) is 8.58. The highest BCUT2D eigenvalue weighted by atomic mass is 19.4. The molecule has 1 fully saturated rings. The number of imidazole rings is 1. The number of anilines is 1. The second kappa shape index (κ2) is 9.47. The van der Waals surface area contributed by atoms with Gasteiger partial charge in [-0.1, -0.05) is 0 Å². The van der Waals surface area contributed by atoms with Crippen molar-refractivity contribution in [1.29, 1.82) is 0 Å². The fourth-order valence-corrected chi connectivity index (χ4v) is 3.89. The van der Waals surface area contributed by atoms with Gasteiger partial charge in [-0.2, -0.15) is 26.3 Å². The minimum absolute atomic E-state index is 0.00381. The van der Waals surface area contributed by atoms with Gasteiger partial charge in [0.1, 0.15) is 11.4 Å². The van der Waals surface area contributed by atoms with E-state index in [1.807, 2.05) is 0 Å². The Morgan fingerprint density at radius 1 is 1.08 bits per heavy atom. The van der Waals surface area contributed by atoms with E-state index < -0.39 is 64.7 Å². The van der Waals surface area contributed by atoms with Gasteiger partial charge in [-0.05, 0) is 36.4 Å². The number of benzene rings is 2. The number of alkyl halides is 6. The Hall–Kier alpha value is -3.85. The number of halogens is 7. The maximum atomic E-state index is 14.0. The van der Waals surface area contributed by atoms with Crippen molar-refractivity contribution in [2.45, 2.75) is 17.9 Å². The van der Waals surface area contributed by atoms with E-state index in [1.54, 1.807) is 0 Å². The average Bonchev–Trinajstić information content (AvgIpc) is 3.18. The van der Waals surface area contributed by atoms with E-state index in [-0.39, 0.29) is 30.9 Å². The summed E-state index contributed by atoms with van der Waals surface area (Å²) in [5.41, 5.74) is -6.92. The first-order valence-corrected chi connectivity index (χ1v) is 10.8. The third kappa shape index (κ3) is 4.86. The largest absolute Gasteiger partial charge is 0.420 e. The molecule has 1 aliphatic rings. The van der Waals surface area contributed by atoms with E-state index in [1.165, 1.54) is 0 Å². The number of aliphatic hydroxyl groups excluding tert-OH is 1. The predicted molar refractivity (Wildman–Crippen MR) is 119 cm³/mol. The molecule has 3 aromatic rings. The van der Waals surface area contributed by atoms with Gasteiger partial charge in [-0.25, -0.2) is 14.0 Å². The lowest BCUT2D eigenvalue weighted by molar-refractivity contribution is -0.143. The number of carbonyl (C=O) groups is 1. The van der Waals surface area contributed by atoms with Gasteiger partial charge in [0.15, 0.2) is 5.75 Å². The molecule has 2 aromatic carbocycles. The van der Waals surface area contributed by atoms with Gasteiger partial charge in [0.2, 0.25) is 0 Å². The highest BCUT2D eigenvalue weighted by Gasteiger charge is 2.43. The first kappa shape index (κ1) is 27.2. The number of aliphatic hydroxyl groups is 1. The Morgan fingerprint density at radius 2 is 1.71 bits per heavy atom. The second-order valence-electron chi connectivity index (χ2n) is 8.58. The topological polar surface area (TPSA) is 88.7 Å². The lowest BCUT2D eigenvalue weighted by atomic mass is 9.93. The highest BCUT2D eigenvalue weighted by molar-refractivity contribution is 5.89. The normalized spacial score (nSPS) is 15.2. The van der Waals surface area contributed by atoms with E-state index >= 15 is 0 Å². The van der Waals surface area contributed by atoms with Crippen LogP contribution >= 0.6 is 0 Å².